The van der Waals surface area contributed by atoms with Crippen molar-refractivity contribution in [1.82, 2.24) is 10.2 Å². The zero-order chi connectivity index (χ0) is 14.0. The van der Waals surface area contributed by atoms with E-state index >= 15 is 0 Å². The van der Waals surface area contributed by atoms with E-state index < -0.39 is 5.60 Å². The molecule has 0 spiro atoms. The van der Waals surface area contributed by atoms with Crippen molar-refractivity contribution in [2.45, 2.75) is 31.9 Å². The summed E-state index contributed by atoms with van der Waals surface area (Å²) in [6, 6.07) is 3.52. The molecule has 1 saturated heterocycles. The van der Waals surface area contributed by atoms with Crippen LogP contribution in [-0.2, 0) is 9.59 Å². The van der Waals surface area contributed by atoms with E-state index in [1.807, 2.05) is 17.5 Å². The molecular formula is C13H18N2O3S. The molecular weight excluding hydrogens is 264 g/mol. The van der Waals surface area contributed by atoms with E-state index in [0.717, 1.165) is 4.88 Å². The first-order chi connectivity index (χ1) is 8.87. The van der Waals surface area contributed by atoms with Gasteiger partial charge in [-0.15, -0.1) is 11.3 Å². The molecule has 1 fully saturated rings. The van der Waals surface area contributed by atoms with Gasteiger partial charge in [-0.2, -0.15) is 0 Å². The smallest absolute Gasteiger partial charge is 0.225 e. The minimum atomic E-state index is -0.762. The highest BCUT2D eigenvalue weighted by molar-refractivity contribution is 7.10. The van der Waals surface area contributed by atoms with Crippen LogP contribution in [0.2, 0.25) is 0 Å². The van der Waals surface area contributed by atoms with Gasteiger partial charge in [0.05, 0.1) is 31.2 Å². The molecule has 1 aromatic heterocycles. The van der Waals surface area contributed by atoms with Crippen molar-refractivity contribution in [2.75, 3.05) is 13.1 Å². The van der Waals surface area contributed by atoms with Crippen LogP contribution in [0.3, 0.4) is 0 Å². The second-order valence-electron chi connectivity index (χ2n) is 5.22. The zero-order valence-electron chi connectivity index (χ0n) is 11.0. The molecule has 0 aliphatic carbocycles. The van der Waals surface area contributed by atoms with Crippen LogP contribution in [0.1, 0.15) is 31.2 Å². The van der Waals surface area contributed by atoms with Gasteiger partial charge in [0.15, 0.2) is 0 Å². The molecule has 1 aliphatic heterocycles. The number of nitrogens with zero attached hydrogens (tertiary/aromatic N) is 1. The largest absolute Gasteiger partial charge is 0.386 e. The number of carbonyl (C=O) groups excluding carboxylic acids is 2. The first-order valence-corrected chi connectivity index (χ1v) is 7.06. The van der Waals surface area contributed by atoms with Crippen LogP contribution >= 0.6 is 11.3 Å². The van der Waals surface area contributed by atoms with E-state index in [1.54, 1.807) is 11.8 Å². The van der Waals surface area contributed by atoms with Crippen molar-refractivity contribution < 1.29 is 14.7 Å². The normalized spacial score (nSPS) is 18.6. The number of hydrogen-bond donors (Lipinski definition) is 2. The number of rotatable bonds is 4. The van der Waals surface area contributed by atoms with Crippen molar-refractivity contribution in [3.05, 3.63) is 22.4 Å². The molecule has 1 aromatic rings. The maximum absolute atomic E-state index is 12.1. The first kappa shape index (κ1) is 14.0. The third-order valence-electron chi connectivity index (χ3n) is 3.06. The molecule has 0 aromatic carbocycles. The molecule has 2 amide bonds. The van der Waals surface area contributed by atoms with Crippen LogP contribution in [0, 0.1) is 0 Å². The number of aliphatic hydroxyl groups is 1. The monoisotopic (exact) mass is 282 g/mol. The van der Waals surface area contributed by atoms with Gasteiger partial charge in [-0.3, -0.25) is 9.59 Å². The molecule has 1 aliphatic rings. The third-order valence-corrected chi connectivity index (χ3v) is 4.04. The number of β-amino-alcohol motifs (C(OH)–C–C–N with tert-alkyl or cyclic N) is 1. The summed E-state index contributed by atoms with van der Waals surface area (Å²) in [7, 11) is 0. The number of carbonyl (C=O) groups is 2. The van der Waals surface area contributed by atoms with Gasteiger partial charge in [-0.05, 0) is 18.4 Å². The molecule has 1 unspecified atom stereocenters. The summed E-state index contributed by atoms with van der Waals surface area (Å²) in [6.45, 7) is 3.88. The lowest BCUT2D eigenvalue weighted by molar-refractivity contribution is -0.152. The van der Waals surface area contributed by atoms with Gasteiger partial charge < -0.3 is 15.3 Å². The quantitative estimate of drug-likeness (QED) is 0.862. The van der Waals surface area contributed by atoms with Crippen molar-refractivity contribution in [1.29, 1.82) is 0 Å². The van der Waals surface area contributed by atoms with Gasteiger partial charge in [0.1, 0.15) is 0 Å². The Morgan fingerprint density at radius 1 is 1.58 bits per heavy atom. The minimum Gasteiger partial charge on any atom is -0.386 e. The number of amides is 2. The molecule has 5 nitrogen and oxygen atoms in total. The van der Waals surface area contributed by atoms with E-state index in [-0.39, 0.29) is 24.3 Å². The Kier molecular flexibility index (Phi) is 3.91. The van der Waals surface area contributed by atoms with Gasteiger partial charge in [0, 0.05) is 11.8 Å². The fourth-order valence-electron chi connectivity index (χ4n) is 2.21. The lowest BCUT2D eigenvalue weighted by Crippen LogP contribution is -2.62. The maximum atomic E-state index is 12.1. The topological polar surface area (TPSA) is 69.6 Å². The molecule has 104 valence electrons. The molecule has 2 heterocycles. The van der Waals surface area contributed by atoms with Crippen LogP contribution in [0.4, 0.5) is 0 Å². The first-order valence-electron chi connectivity index (χ1n) is 6.18. The fraction of sp³-hybridized carbons (Fsp3) is 0.538. The number of hydrogen-bond acceptors (Lipinski definition) is 4. The zero-order valence-corrected chi connectivity index (χ0v) is 11.9. The second kappa shape index (κ2) is 5.30. The van der Waals surface area contributed by atoms with E-state index in [4.69, 9.17) is 0 Å². The summed E-state index contributed by atoms with van der Waals surface area (Å²) in [5.41, 5.74) is -0.762. The summed E-state index contributed by atoms with van der Waals surface area (Å²) in [5, 5.41) is 14.4. The summed E-state index contributed by atoms with van der Waals surface area (Å²) in [4.78, 5) is 25.9. The summed E-state index contributed by atoms with van der Waals surface area (Å²) >= 11 is 1.52. The predicted octanol–water partition coefficient (Wildman–Crippen LogP) is 0.909. The second-order valence-corrected chi connectivity index (χ2v) is 6.20. The van der Waals surface area contributed by atoms with Crippen molar-refractivity contribution in [3.63, 3.8) is 0 Å². The van der Waals surface area contributed by atoms with Crippen LogP contribution in [0.15, 0.2) is 17.5 Å². The van der Waals surface area contributed by atoms with Gasteiger partial charge in [0.2, 0.25) is 11.8 Å². The number of thiophene rings is 1. The SMILES string of the molecule is CC(=O)NC(CC(=O)N1CC(C)(O)C1)c1cccs1. The lowest BCUT2D eigenvalue weighted by atomic mass is 9.96. The average Bonchev–Trinajstić information content (AvgIpc) is 2.77. The Morgan fingerprint density at radius 3 is 2.74 bits per heavy atom. The average molecular weight is 282 g/mol. The van der Waals surface area contributed by atoms with Crippen LogP contribution < -0.4 is 5.32 Å². The van der Waals surface area contributed by atoms with Gasteiger partial charge in [-0.1, -0.05) is 6.07 Å². The van der Waals surface area contributed by atoms with Crippen molar-refractivity contribution in [2.24, 2.45) is 0 Å². The van der Waals surface area contributed by atoms with E-state index in [1.165, 1.54) is 18.3 Å². The number of likely N-dealkylation sites (tertiary alicyclic amines) is 1. The highest BCUT2D eigenvalue weighted by Crippen LogP contribution is 2.26. The molecule has 0 saturated carbocycles. The highest BCUT2D eigenvalue weighted by atomic mass is 32.1. The number of nitrogens with one attached hydrogen (secondary N) is 1. The Morgan fingerprint density at radius 2 is 2.26 bits per heavy atom. The Labute approximate surface area is 116 Å². The van der Waals surface area contributed by atoms with Crippen LogP contribution in [-0.4, -0.2) is 40.5 Å². The van der Waals surface area contributed by atoms with Crippen LogP contribution in [0.5, 0.6) is 0 Å². The summed E-state index contributed by atoms with van der Waals surface area (Å²) < 4.78 is 0. The molecule has 2 N–H and O–H groups in total. The molecule has 2 rings (SSSR count). The molecule has 0 bridgehead atoms. The Hall–Kier alpha value is -1.40. The highest BCUT2D eigenvalue weighted by Gasteiger charge is 2.39. The molecule has 1 atom stereocenters. The van der Waals surface area contributed by atoms with Crippen molar-refractivity contribution >= 4 is 23.2 Å². The minimum absolute atomic E-state index is 0.0429. The van der Waals surface area contributed by atoms with Gasteiger partial charge in [0.25, 0.3) is 0 Å². The van der Waals surface area contributed by atoms with E-state index in [9.17, 15) is 14.7 Å². The van der Waals surface area contributed by atoms with Crippen molar-refractivity contribution in [3.8, 4) is 0 Å². The molecule has 0 radical (unpaired) electrons. The molecule has 19 heavy (non-hydrogen) atoms. The summed E-state index contributed by atoms with van der Waals surface area (Å²) in [5.74, 6) is -0.194. The third kappa shape index (κ3) is 3.54. The van der Waals surface area contributed by atoms with E-state index in [0.29, 0.717) is 13.1 Å². The lowest BCUT2D eigenvalue weighted by Gasteiger charge is -2.44. The Balaban J connectivity index is 1.97. The Bertz CT molecular complexity index is 462. The predicted molar refractivity (Wildman–Crippen MR) is 72.7 cm³/mol. The molecule has 6 heteroatoms. The fourth-order valence-corrected chi connectivity index (χ4v) is 2.99. The maximum Gasteiger partial charge on any atom is 0.225 e. The van der Waals surface area contributed by atoms with Gasteiger partial charge >= 0.3 is 0 Å². The van der Waals surface area contributed by atoms with Crippen LogP contribution in [0.25, 0.3) is 0 Å². The summed E-state index contributed by atoms with van der Waals surface area (Å²) in [6.07, 6.45) is 0.232. The van der Waals surface area contributed by atoms with E-state index in [2.05, 4.69) is 5.32 Å². The standard InChI is InChI=1S/C13H18N2O3S/c1-9(16)14-10(11-4-3-5-19-11)6-12(17)15-7-13(2,18)8-15/h3-5,10,18H,6-8H2,1-2H3,(H,14,16). The van der Waals surface area contributed by atoms with Gasteiger partial charge in [-0.25, -0.2) is 0 Å².